The molecule has 2 aromatic rings. The van der Waals surface area contributed by atoms with E-state index in [9.17, 15) is 18.8 Å². The van der Waals surface area contributed by atoms with Crippen LogP contribution in [0.25, 0.3) is 0 Å². The van der Waals surface area contributed by atoms with Crippen molar-refractivity contribution in [3.63, 3.8) is 0 Å². The number of rotatable bonds is 7. The summed E-state index contributed by atoms with van der Waals surface area (Å²) < 4.78 is 18.9. The number of hydrogen-bond acceptors (Lipinski definition) is 4. The summed E-state index contributed by atoms with van der Waals surface area (Å²) in [4.78, 5) is 38.9. The maximum Gasteiger partial charge on any atom is 0.325 e. The van der Waals surface area contributed by atoms with Crippen LogP contribution in [-0.2, 0) is 16.0 Å². The average molecular weight is 413 g/mol. The van der Waals surface area contributed by atoms with E-state index in [1.165, 1.54) is 25.1 Å². The van der Waals surface area contributed by atoms with Gasteiger partial charge in [-0.25, -0.2) is 14.1 Å². The molecule has 1 saturated heterocycles. The van der Waals surface area contributed by atoms with Crippen molar-refractivity contribution in [3.05, 3.63) is 59.9 Å². The largest absolute Gasteiger partial charge is 0.497 e. The zero-order chi connectivity index (χ0) is 21.9. The van der Waals surface area contributed by atoms with Crippen molar-refractivity contribution in [1.82, 2.24) is 10.2 Å². The normalized spacial score (nSPS) is 19.4. The number of ether oxygens (including phenoxy) is 1. The lowest BCUT2D eigenvalue weighted by Crippen LogP contribution is -2.48. The summed E-state index contributed by atoms with van der Waals surface area (Å²) >= 11 is 0. The second-order valence-corrected chi connectivity index (χ2v) is 7.43. The number of carbonyl (C=O) groups is 3. The number of imide groups is 1. The number of amides is 4. The van der Waals surface area contributed by atoms with Gasteiger partial charge in [-0.05, 0) is 56.5 Å². The van der Waals surface area contributed by atoms with Gasteiger partial charge in [-0.1, -0.05) is 24.3 Å². The molecule has 7 nitrogen and oxygen atoms in total. The minimum atomic E-state index is -1.14. The number of urea groups is 1. The summed E-state index contributed by atoms with van der Waals surface area (Å²) in [6, 6.07) is 11.4. The summed E-state index contributed by atoms with van der Waals surface area (Å²) in [6.45, 7) is 3.07. The molecule has 0 bridgehead atoms. The predicted molar refractivity (Wildman–Crippen MR) is 110 cm³/mol. The Labute approximate surface area is 174 Å². The fraction of sp³-hybridized carbons (Fsp3) is 0.318. The third-order valence-electron chi connectivity index (χ3n) is 5.26. The van der Waals surface area contributed by atoms with E-state index in [1.54, 1.807) is 20.1 Å². The number of anilines is 1. The van der Waals surface area contributed by atoms with Gasteiger partial charge in [0.15, 0.2) is 0 Å². The zero-order valence-electron chi connectivity index (χ0n) is 17.1. The molecule has 1 fully saturated rings. The fourth-order valence-corrected chi connectivity index (χ4v) is 3.33. The Kier molecular flexibility index (Phi) is 6.05. The molecule has 0 aliphatic carbocycles. The van der Waals surface area contributed by atoms with Crippen LogP contribution in [0.15, 0.2) is 48.5 Å². The van der Waals surface area contributed by atoms with Gasteiger partial charge in [0.05, 0.1) is 12.8 Å². The van der Waals surface area contributed by atoms with Crippen LogP contribution < -0.4 is 15.4 Å². The van der Waals surface area contributed by atoms with E-state index in [-0.39, 0.29) is 5.69 Å². The van der Waals surface area contributed by atoms with Gasteiger partial charge in [0.2, 0.25) is 5.91 Å². The number of aryl methyl sites for hydroxylation is 1. The second kappa shape index (κ2) is 8.52. The molecule has 30 heavy (non-hydrogen) atoms. The van der Waals surface area contributed by atoms with Gasteiger partial charge in [0.1, 0.15) is 23.1 Å². The molecule has 158 valence electrons. The van der Waals surface area contributed by atoms with E-state index in [4.69, 9.17) is 4.74 Å². The van der Waals surface area contributed by atoms with Gasteiger partial charge >= 0.3 is 6.03 Å². The SMILES string of the molecule is COc1ccc(CC[C@@]2(C)NC(=O)N([C@H](C)C(=O)Nc3ccccc3F)C2=O)cc1. The molecule has 1 aliphatic rings. The summed E-state index contributed by atoms with van der Waals surface area (Å²) in [6.07, 6.45) is 0.915. The molecular weight excluding hydrogens is 389 g/mol. The number of methoxy groups -OCH3 is 1. The lowest BCUT2D eigenvalue weighted by Gasteiger charge is -2.24. The highest BCUT2D eigenvalue weighted by Gasteiger charge is 2.50. The van der Waals surface area contributed by atoms with Gasteiger partial charge in [-0.2, -0.15) is 0 Å². The minimum absolute atomic E-state index is 0.0105. The molecule has 0 radical (unpaired) electrons. The standard InChI is InChI=1S/C22H24FN3O4/c1-14(19(27)24-18-7-5-4-6-17(18)23)26-20(28)22(2,25-21(26)29)13-12-15-8-10-16(30-3)11-9-15/h4-11,14H,12-13H2,1-3H3,(H,24,27)(H,25,29)/t14-,22-/m1/s1. The molecule has 1 aliphatic heterocycles. The van der Waals surface area contributed by atoms with Crippen molar-refractivity contribution >= 4 is 23.5 Å². The first-order valence-corrected chi connectivity index (χ1v) is 9.59. The van der Waals surface area contributed by atoms with Crippen molar-refractivity contribution in [2.45, 2.75) is 38.3 Å². The Morgan fingerprint density at radius 3 is 2.50 bits per heavy atom. The third kappa shape index (κ3) is 4.27. The minimum Gasteiger partial charge on any atom is -0.497 e. The van der Waals surface area contributed by atoms with Gasteiger partial charge in [-0.3, -0.25) is 9.59 Å². The highest BCUT2D eigenvalue weighted by atomic mass is 19.1. The van der Waals surface area contributed by atoms with Crippen LogP contribution in [0.1, 0.15) is 25.8 Å². The van der Waals surface area contributed by atoms with Crippen LogP contribution in [-0.4, -0.2) is 41.4 Å². The summed E-state index contributed by atoms with van der Waals surface area (Å²) in [7, 11) is 1.58. The van der Waals surface area contributed by atoms with Gasteiger partial charge in [-0.15, -0.1) is 0 Å². The zero-order valence-corrected chi connectivity index (χ0v) is 17.1. The topological polar surface area (TPSA) is 87.7 Å². The fourth-order valence-electron chi connectivity index (χ4n) is 3.33. The van der Waals surface area contributed by atoms with Crippen LogP contribution in [0, 0.1) is 5.82 Å². The first kappa shape index (κ1) is 21.3. The first-order valence-electron chi connectivity index (χ1n) is 9.59. The summed E-state index contributed by atoms with van der Waals surface area (Å²) in [5.41, 5.74) is -0.157. The number of hydrogen-bond donors (Lipinski definition) is 2. The lowest BCUT2D eigenvalue weighted by atomic mass is 9.93. The van der Waals surface area contributed by atoms with Crippen LogP contribution >= 0.6 is 0 Å². The molecule has 4 amide bonds. The van der Waals surface area contributed by atoms with Crippen molar-refractivity contribution < 1.29 is 23.5 Å². The van der Waals surface area contributed by atoms with Crippen LogP contribution in [0.5, 0.6) is 5.75 Å². The van der Waals surface area contributed by atoms with Gasteiger partial charge in [0.25, 0.3) is 5.91 Å². The maximum absolute atomic E-state index is 13.8. The monoisotopic (exact) mass is 413 g/mol. The molecule has 0 unspecified atom stereocenters. The highest BCUT2D eigenvalue weighted by molar-refractivity contribution is 6.11. The molecule has 1 heterocycles. The maximum atomic E-state index is 13.8. The Bertz CT molecular complexity index is 963. The third-order valence-corrected chi connectivity index (χ3v) is 5.26. The van der Waals surface area contributed by atoms with Gasteiger partial charge in [0, 0.05) is 0 Å². The molecule has 0 spiro atoms. The lowest BCUT2D eigenvalue weighted by molar-refractivity contribution is -0.136. The van der Waals surface area contributed by atoms with Crippen molar-refractivity contribution in [2.75, 3.05) is 12.4 Å². The predicted octanol–water partition coefficient (Wildman–Crippen LogP) is 3.10. The highest BCUT2D eigenvalue weighted by Crippen LogP contribution is 2.26. The summed E-state index contributed by atoms with van der Waals surface area (Å²) in [5.74, 6) is -1.00. The number of para-hydroxylation sites is 1. The van der Waals surface area contributed by atoms with Crippen LogP contribution in [0.4, 0.5) is 14.9 Å². The number of benzene rings is 2. The molecule has 2 N–H and O–H groups in total. The van der Waals surface area contributed by atoms with E-state index in [0.717, 1.165) is 16.2 Å². The second-order valence-electron chi connectivity index (χ2n) is 7.43. The van der Waals surface area contributed by atoms with E-state index < -0.39 is 35.2 Å². The molecule has 0 saturated carbocycles. The number of carbonyl (C=O) groups excluding carboxylic acids is 3. The van der Waals surface area contributed by atoms with E-state index in [1.807, 2.05) is 24.3 Å². The van der Waals surface area contributed by atoms with Gasteiger partial charge < -0.3 is 15.4 Å². The van der Waals surface area contributed by atoms with E-state index in [0.29, 0.717) is 12.8 Å². The Hall–Kier alpha value is -3.42. The quantitative estimate of drug-likeness (QED) is 0.683. The van der Waals surface area contributed by atoms with E-state index >= 15 is 0 Å². The molecular formula is C22H24FN3O4. The molecule has 2 aromatic carbocycles. The Balaban J connectivity index is 1.67. The number of nitrogens with one attached hydrogen (secondary N) is 2. The van der Waals surface area contributed by atoms with Crippen LogP contribution in [0.3, 0.4) is 0 Å². The average Bonchev–Trinajstić information content (AvgIpc) is 2.96. The Morgan fingerprint density at radius 1 is 1.20 bits per heavy atom. The number of nitrogens with zero attached hydrogens (tertiary/aromatic N) is 1. The molecule has 0 aromatic heterocycles. The van der Waals surface area contributed by atoms with Crippen molar-refractivity contribution in [1.29, 1.82) is 0 Å². The summed E-state index contributed by atoms with van der Waals surface area (Å²) in [5, 5.41) is 5.12. The molecule has 8 heteroatoms. The van der Waals surface area contributed by atoms with Crippen molar-refractivity contribution in [2.24, 2.45) is 0 Å². The first-order chi connectivity index (χ1) is 14.2. The van der Waals surface area contributed by atoms with E-state index in [2.05, 4.69) is 10.6 Å². The smallest absolute Gasteiger partial charge is 0.325 e. The molecule has 2 atom stereocenters. The molecule has 3 rings (SSSR count). The van der Waals surface area contributed by atoms with Crippen LogP contribution in [0.2, 0.25) is 0 Å². The number of halogens is 1. The van der Waals surface area contributed by atoms with Crippen molar-refractivity contribution in [3.8, 4) is 5.75 Å². The Morgan fingerprint density at radius 2 is 1.87 bits per heavy atom.